The van der Waals surface area contributed by atoms with E-state index in [0.717, 1.165) is 10.4 Å². The first-order valence-corrected chi connectivity index (χ1v) is 11.5. The third-order valence-corrected chi connectivity index (χ3v) is 7.53. The number of ether oxygens (including phenoxy) is 2. The minimum atomic E-state index is -3.71. The number of benzene rings is 2. The maximum Gasteiger partial charge on any atom is 0.208 e. The summed E-state index contributed by atoms with van der Waals surface area (Å²) in [5, 5.41) is 1.89. The number of sulfone groups is 1. The summed E-state index contributed by atoms with van der Waals surface area (Å²) in [6, 6.07) is 18.0. The quantitative estimate of drug-likeness (QED) is 0.501. The monoisotopic (exact) mass is 423 g/mol. The van der Waals surface area contributed by atoms with E-state index in [-0.39, 0.29) is 9.79 Å². The minimum Gasteiger partial charge on any atom is -0.485 e. The van der Waals surface area contributed by atoms with Crippen molar-refractivity contribution in [2.24, 2.45) is 0 Å². The summed E-state index contributed by atoms with van der Waals surface area (Å²) >= 11 is 1.47. The Labute approximate surface area is 172 Å². The summed E-state index contributed by atoms with van der Waals surface area (Å²) in [5.74, 6) is 1.35. The number of H-pyrrole nitrogens is 1. The highest BCUT2D eigenvalue weighted by Crippen LogP contribution is 2.49. The largest absolute Gasteiger partial charge is 0.485 e. The molecule has 2 aromatic carbocycles. The van der Waals surface area contributed by atoms with Crippen molar-refractivity contribution in [3.63, 3.8) is 0 Å². The first kappa shape index (κ1) is 18.0. The molecule has 5 nitrogen and oxygen atoms in total. The fraction of sp³-hybridized carbons (Fsp3) is 0.0909. The van der Waals surface area contributed by atoms with E-state index in [0.29, 0.717) is 36.0 Å². The van der Waals surface area contributed by atoms with Crippen LogP contribution in [-0.2, 0) is 9.84 Å². The number of hydrogen-bond donors (Lipinski definition) is 1. The van der Waals surface area contributed by atoms with Crippen molar-refractivity contribution in [3.8, 4) is 33.2 Å². The molecule has 1 aliphatic heterocycles. The van der Waals surface area contributed by atoms with Crippen molar-refractivity contribution in [1.29, 1.82) is 0 Å². The van der Waals surface area contributed by atoms with Crippen LogP contribution in [-0.4, -0.2) is 26.6 Å². The Balaban J connectivity index is 1.75. The Morgan fingerprint density at radius 1 is 0.897 bits per heavy atom. The molecule has 0 aliphatic carbocycles. The Bertz CT molecular complexity index is 1260. The Morgan fingerprint density at radius 2 is 1.59 bits per heavy atom. The van der Waals surface area contributed by atoms with Gasteiger partial charge in [-0.25, -0.2) is 8.42 Å². The Kier molecular flexibility index (Phi) is 4.41. The summed E-state index contributed by atoms with van der Waals surface area (Å²) in [7, 11) is -3.71. The van der Waals surface area contributed by atoms with Crippen LogP contribution in [0.25, 0.3) is 21.7 Å². The number of rotatable bonds is 4. The molecule has 1 aliphatic rings. The van der Waals surface area contributed by atoms with Crippen molar-refractivity contribution in [3.05, 3.63) is 72.2 Å². The fourth-order valence-electron chi connectivity index (χ4n) is 3.45. The molecule has 1 N–H and O–H groups in total. The second kappa shape index (κ2) is 7.09. The van der Waals surface area contributed by atoms with Crippen molar-refractivity contribution in [2.45, 2.75) is 9.79 Å². The van der Waals surface area contributed by atoms with Gasteiger partial charge in [-0.1, -0.05) is 48.5 Å². The molecule has 0 radical (unpaired) electrons. The third kappa shape index (κ3) is 3.03. The number of aromatic amines is 1. The molecule has 3 heterocycles. The third-order valence-electron chi connectivity index (χ3n) is 4.78. The van der Waals surface area contributed by atoms with Crippen LogP contribution in [0.5, 0.6) is 11.5 Å². The van der Waals surface area contributed by atoms with Crippen LogP contribution in [0.4, 0.5) is 0 Å². The first-order valence-electron chi connectivity index (χ1n) is 9.10. The zero-order valence-corrected chi connectivity index (χ0v) is 16.9. The molecule has 29 heavy (non-hydrogen) atoms. The molecule has 0 atom stereocenters. The van der Waals surface area contributed by atoms with E-state index in [1.165, 1.54) is 11.3 Å². The van der Waals surface area contributed by atoms with Gasteiger partial charge in [0.15, 0.2) is 11.5 Å². The molecule has 2 aromatic heterocycles. The van der Waals surface area contributed by atoms with Gasteiger partial charge in [-0.2, -0.15) is 0 Å². The number of thiophene rings is 1. The topological polar surface area (TPSA) is 68.4 Å². The van der Waals surface area contributed by atoms with Crippen LogP contribution >= 0.6 is 11.3 Å². The molecule has 146 valence electrons. The highest BCUT2D eigenvalue weighted by molar-refractivity contribution is 7.91. The lowest BCUT2D eigenvalue weighted by molar-refractivity contribution is 0.174. The van der Waals surface area contributed by atoms with Crippen LogP contribution in [0.1, 0.15) is 0 Å². The fourth-order valence-corrected chi connectivity index (χ4v) is 5.87. The summed E-state index contributed by atoms with van der Waals surface area (Å²) in [4.78, 5) is 4.52. The maximum atomic E-state index is 13.4. The highest BCUT2D eigenvalue weighted by Gasteiger charge is 2.29. The molecule has 7 heteroatoms. The van der Waals surface area contributed by atoms with Crippen LogP contribution in [0.2, 0.25) is 0 Å². The number of aromatic nitrogens is 1. The smallest absolute Gasteiger partial charge is 0.208 e. The lowest BCUT2D eigenvalue weighted by atomic mass is 10.1. The van der Waals surface area contributed by atoms with Crippen LogP contribution in [0, 0.1) is 0 Å². The van der Waals surface area contributed by atoms with E-state index in [1.54, 1.807) is 36.5 Å². The zero-order chi connectivity index (χ0) is 19.8. The number of nitrogens with one attached hydrogen (secondary N) is 1. The molecule has 5 rings (SSSR count). The lowest BCUT2D eigenvalue weighted by Gasteiger charge is -2.16. The highest BCUT2D eigenvalue weighted by atomic mass is 32.2. The SMILES string of the molecule is O=S(=O)(c1ccccc1)c1c[nH]c(-c2scc3c2OCCO3)c1-c1ccccc1. The summed E-state index contributed by atoms with van der Waals surface area (Å²) < 4.78 is 38.4. The zero-order valence-electron chi connectivity index (χ0n) is 15.3. The minimum absolute atomic E-state index is 0.240. The van der Waals surface area contributed by atoms with Crippen LogP contribution in [0.3, 0.4) is 0 Å². The first-order chi connectivity index (χ1) is 14.2. The summed E-state index contributed by atoms with van der Waals surface area (Å²) in [6.07, 6.45) is 1.57. The predicted molar refractivity (Wildman–Crippen MR) is 112 cm³/mol. The molecule has 0 bridgehead atoms. The Hall–Kier alpha value is -3.03. The molecule has 4 aromatic rings. The van der Waals surface area contributed by atoms with E-state index >= 15 is 0 Å². The molecule has 0 spiro atoms. The molecule has 0 saturated heterocycles. The maximum absolute atomic E-state index is 13.4. The van der Waals surface area contributed by atoms with E-state index in [4.69, 9.17) is 9.47 Å². The standard InChI is InChI=1S/C22H17NO4S2/c24-29(25,16-9-5-2-6-10-16)18-13-23-20(19(18)15-7-3-1-4-8-15)22-21-17(14-28-22)26-11-12-27-21/h1-10,13-14,23H,11-12H2. The van der Waals surface area contributed by atoms with Gasteiger partial charge < -0.3 is 14.5 Å². The van der Waals surface area contributed by atoms with E-state index in [2.05, 4.69) is 4.98 Å². The number of fused-ring (bicyclic) bond motifs is 1. The van der Waals surface area contributed by atoms with E-state index < -0.39 is 9.84 Å². The van der Waals surface area contributed by atoms with Gasteiger partial charge in [0, 0.05) is 17.1 Å². The molecular weight excluding hydrogens is 406 g/mol. The van der Waals surface area contributed by atoms with Gasteiger partial charge >= 0.3 is 0 Å². The van der Waals surface area contributed by atoms with Gasteiger partial charge in [0.1, 0.15) is 13.2 Å². The second-order valence-electron chi connectivity index (χ2n) is 6.54. The summed E-state index contributed by atoms with van der Waals surface area (Å²) in [6.45, 7) is 0.973. The van der Waals surface area contributed by atoms with Crippen molar-refractivity contribution >= 4 is 21.2 Å². The molecule has 0 amide bonds. The van der Waals surface area contributed by atoms with Gasteiger partial charge in [0.25, 0.3) is 0 Å². The van der Waals surface area contributed by atoms with Crippen molar-refractivity contribution in [2.75, 3.05) is 13.2 Å². The molecule has 0 saturated carbocycles. The second-order valence-corrected chi connectivity index (χ2v) is 9.34. The van der Waals surface area contributed by atoms with Gasteiger partial charge in [0.2, 0.25) is 9.84 Å². The summed E-state index contributed by atoms with van der Waals surface area (Å²) in [5.41, 5.74) is 2.16. The molecular formula is C22H17NO4S2. The Morgan fingerprint density at radius 3 is 2.34 bits per heavy atom. The van der Waals surface area contributed by atoms with Gasteiger partial charge in [-0.3, -0.25) is 0 Å². The predicted octanol–water partition coefficient (Wildman–Crippen LogP) is 5.01. The average Bonchev–Trinajstić information content (AvgIpc) is 3.39. The lowest BCUT2D eigenvalue weighted by Crippen LogP contribution is -2.14. The van der Waals surface area contributed by atoms with Crippen molar-refractivity contribution in [1.82, 2.24) is 4.98 Å². The van der Waals surface area contributed by atoms with Crippen molar-refractivity contribution < 1.29 is 17.9 Å². The van der Waals surface area contributed by atoms with Gasteiger partial charge in [-0.15, -0.1) is 11.3 Å². The van der Waals surface area contributed by atoms with Crippen LogP contribution in [0.15, 0.2) is 82.0 Å². The average molecular weight is 424 g/mol. The van der Waals surface area contributed by atoms with Gasteiger partial charge in [-0.05, 0) is 17.7 Å². The van der Waals surface area contributed by atoms with Gasteiger partial charge in [0.05, 0.1) is 20.4 Å². The van der Waals surface area contributed by atoms with E-state index in [9.17, 15) is 8.42 Å². The molecule has 0 fully saturated rings. The molecule has 0 unspecified atom stereocenters. The van der Waals surface area contributed by atoms with E-state index in [1.807, 2.05) is 35.7 Å². The van der Waals surface area contributed by atoms with Crippen LogP contribution < -0.4 is 9.47 Å². The normalized spacial score (nSPS) is 13.4. The number of hydrogen-bond acceptors (Lipinski definition) is 5.